The summed E-state index contributed by atoms with van der Waals surface area (Å²) >= 11 is 0. The first-order valence-corrected chi connectivity index (χ1v) is 15.2. The molecule has 0 saturated heterocycles. The van der Waals surface area contributed by atoms with Crippen LogP contribution in [0.1, 0.15) is 106 Å². The number of nitrogens with two attached hydrogens (primary N) is 1. The number of carbonyl (C=O) groups excluding carboxylic acids is 4. The standard InChI is InChI=1S/C32H49NO10/c1-9-31(5,6)42-29(36)40-25-17-16-22(19-26(25)41-30(37)43-32(7,8)10-2)18-24(33)28(35)39-21(4)20(3)38-27(34)23-14-12-11-13-15-23/h16-17,19-21,23-24H,9-15,18,33H2,1-8H3/t20?,21-,24-/m0/s1. The summed E-state index contributed by atoms with van der Waals surface area (Å²) in [6, 6.07) is 3.34. The van der Waals surface area contributed by atoms with E-state index in [0.29, 0.717) is 18.4 Å². The second kappa shape index (κ2) is 15.9. The van der Waals surface area contributed by atoms with E-state index in [2.05, 4.69) is 0 Å². The van der Waals surface area contributed by atoms with Gasteiger partial charge in [0.05, 0.1) is 5.92 Å². The molecule has 0 heterocycles. The maximum Gasteiger partial charge on any atom is 0.514 e. The molecule has 1 aromatic rings. The Morgan fingerprint density at radius 2 is 1.33 bits per heavy atom. The van der Waals surface area contributed by atoms with E-state index in [1.54, 1.807) is 47.6 Å². The lowest BCUT2D eigenvalue weighted by atomic mass is 9.89. The zero-order valence-corrected chi connectivity index (χ0v) is 26.9. The Labute approximate surface area is 255 Å². The molecule has 1 aliphatic rings. The van der Waals surface area contributed by atoms with Crippen molar-refractivity contribution in [2.24, 2.45) is 11.7 Å². The van der Waals surface area contributed by atoms with Gasteiger partial charge in [-0.25, -0.2) is 9.59 Å². The van der Waals surface area contributed by atoms with Crippen LogP contribution in [0.2, 0.25) is 0 Å². The third-order valence-electron chi connectivity index (χ3n) is 7.78. The van der Waals surface area contributed by atoms with E-state index in [1.165, 1.54) is 12.1 Å². The number of rotatable bonds is 13. The van der Waals surface area contributed by atoms with E-state index >= 15 is 0 Å². The second-order valence-electron chi connectivity index (χ2n) is 12.3. The van der Waals surface area contributed by atoms with Crippen LogP contribution in [-0.4, -0.2) is 53.7 Å². The monoisotopic (exact) mass is 607 g/mol. The number of hydrogen-bond acceptors (Lipinski definition) is 11. The molecule has 2 N–H and O–H groups in total. The lowest BCUT2D eigenvalue weighted by Crippen LogP contribution is -2.40. The molecule has 1 fully saturated rings. The van der Waals surface area contributed by atoms with Gasteiger partial charge >= 0.3 is 24.2 Å². The molecule has 1 aromatic carbocycles. The van der Waals surface area contributed by atoms with Crippen LogP contribution >= 0.6 is 0 Å². The largest absolute Gasteiger partial charge is 0.514 e. The van der Waals surface area contributed by atoms with Gasteiger partial charge in [0.25, 0.3) is 0 Å². The van der Waals surface area contributed by atoms with E-state index in [0.717, 1.165) is 32.1 Å². The van der Waals surface area contributed by atoms with Crippen LogP contribution in [0, 0.1) is 5.92 Å². The minimum Gasteiger partial charge on any atom is -0.459 e. The van der Waals surface area contributed by atoms with Crippen LogP contribution in [0.3, 0.4) is 0 Å². The average Bonchev–Trinajstić information content (AvgIpc) is 2.94. The first-order chi connectivity index (χ1) is 20.1. The molecule has 3 atom stereocenters. The van der Waals surface area contributed by atoms with Crippen LogP contribution in [0.15, 0.2) is 18.2 Å². The highest BCUT2D eigenvalue weighted by atomic mass is 16.8. The van der Waals surface area contributed by atoms with Crippen molar-refractivity contribution in [2.75, 3.05) is 0 Å². The Morgan fingerprint density at radius 1 is 0.814 bits per heavy atom. The molecule has 0 bridgehead atoms. The van der Waals surface area contributed by atoms with Crippen molar-refractivity contribution in [3.05, 3.63) is 23.8 Å². The molecule has 11 heteroatoms. The Kier molecular flexibility index (Phi) is 13.3. The zero-order valence-electron chi connectivity index (χ0n) is 26.9. The quantitative estimate of drug-likeness (QED) is 0.151. The molecule has 0 aromatic heterocycles. The van der Waals surface area contributed by atoms with E-state index in [4.69, 9.17) is 34.2 Å². The smallest absolute Gasteiger partial charge is 0.459 e. The van der Waals surface area contributed by atoms with Crippen LogP contribution in [-0.2, 0) is 35.0 Å². The molecule has 1 saturated carbocycles. The minimum absolute atomic E-state index is 0.0151. The van der Waals surface area contributed by atoms with Crippen LogP contribution < -0.4 is 15.2 Å². The Hall–Kier alpha value is -3.34. The summed E-state index contributed by atoms with van der Waals surface area (Å²) in [5, 5.41) is 0. The number of carbonyl (C=O) groups is 4. The summed E-state index contributed by atoms with van der Waals surface area (Å²) < 4.78 is 32.5. The molecular weight excluding hydrogens is 558 g/mol. The second-order valence-corrected chi connectivity index (χ2v) is 12.3. The van der Waals surface area contributed by atoms with Gasteiger partial charge in [0.1, 0.15) is 29.5 Å². The normalized spacial score (nSPS) is 16.3. The number of ether oxygens (including phenoxy) is 6. The summed E-state index contributed by atoms with van der Waals surface area (Å²) in [6.45, 7) is 14.0. The van der Waals surface area contributed by atoms with Crippen molar-refractivity contribution in [3.63, 3.8) is 0 Å². The van der Waals surface area contributed by atoms with Crippen LogP contribution in [0.4, 0.5) is 9.59 Å². The third kappa shape index (κ3) is 12.1. The molecule has 0 amide bonds. The summed E-state index contributed by atoms with van der Waals surface area (Å²) in [6.07, 6.45) is 2.55. The summed E-state index contributed by atoms with van der Waals surface area (Å²) in [5.41, 5.74) is 5.10. The van der Waals surface area contributed by atoms with Crippen molar-refractivity contribution in [3.8, 4) is 11.5 Å². The highest BCUT2D eigenvalue weighted by molar-refractivity contribution is 5.76. The maximum atomic E-state index is 12.8. The lowest BCUT2D eigenvalue weighted by Gasteiger charge is -2.26. The maximum absolute atomic E-state index is 12.8. The number of esters is 2. The molecule has 1 unspecified atom stereocenters. The highest BCUT2D eigenvalue weighted by Gasteiger charge is 2.29. The van der Waals surface area contributed by atoms with Gasteiger partial charge in [0.15, 0.2) is 11.5 Å². The van der Waals surface area contributed by atoms with E-state index < -0.39 is 47.7 Å². The molecule has 242 valence electrons. The topological polar surface area (TPSA) is 150 Å². The lowest BCUT2D eigenvalue weighted by molar-refractivity contribution is -0.169. The molecule has 2 rings (SSSR count). The zero-order chi connectivity index (χ0) is 32.4. The van der Waals surface area contributed by atoms with Gasteiger partial charge in [-0.1, -0.05) is 39.2 Å². The fourth-order valence-electron chi connectivity index (χ4n) is 4.08. The van der Waals surface area contributed by atoms with Gasteiger partial charge in [-0.15, -0.1) is 0 Å². The van der Waals surface area contributed by atoms with Crippen molar-refractivity contribution in [1.82, 2.24) is 0 Å². The first kappa shape index (κ1) is 35.9. The van der Waals surface area contributed by atoms with Crippen molar-refractivity contribution in [1.29, 1.82) is 0 Å². The summed E-state index contributed by atoms with van der Waals surface area (Å²) in [7, 11) is 0. The predicted molar refractivity (Wildman–Crippen MR) is 159 cm³/mol. The van der Waals surface area contributed by atoms with Gasteiger partial charge in [0.2, 0.25) is 0 Å². The fraction of sp³-hybridized carbons (Fsp3) is 0.688. The third-order valence-corrected chi connectivity index (χ3v) is 7.78. The molecule has 0 aliphatic heterocycles. The van der Waals surface area contributed by atoms with Gasteiger partial charge < -0.3 is 34.2 Å². The van der Waals surface area contributed by atoms with Gasteiger partial charge in [-0.3, -0.25) is 9.59 Å². The summed E-state index contributed by atoms with van der Waals surface area (Å²) in [4.78, 5) is 50.3. The van der Waals surface area contributed by atoms with Crippen LogP contribution in [0.5, 0.6) is 11.5 Å². The number of benzene rings is 1. The molecule has 43 heavy (non-hydrogen) atoms. The van der Waals surface area contributed by atoms with Gasteiger partial charge in [-0.05, 0) is 91.3 Å². The first-order valence-electron chi connectivity index (χ1n) is 15.2. The van der Waals surface area contributed by atoms with E-state index in [1.807, 2.05) is 13.8 Å². The number of hydrogen-bond donors (Lipinski definition) is 1. The van der Waals surface area contributed by atoms with Crippen molar-refractivity contribution in [2.45, 2.75) is 136 Å². The SMILES string of the molecule is CCC(C)(C)OC(=O)Oc1ccc(C[C@H](N)C(=O)O[C@@H](C)C(C)OC(=O)C2CCCCC2)cc1OC(=O)OC(C)(C)CC. The van der Waals surface area contributed by atoms with E-state index in [9.17, 15) is 19.2 Å². The fourth-order valence-corrected chi connectivity index (χ4v) is 4.08. The van der Waals surface area contributed by atoms with Crippen molar-refractivity contribution < 1.29 is 47.6 Å². The Balaban J connectivity index is 2.10. The van der Waals surface area contributed by atoms with E-state index in [-0.39, 0.29) is 29.8 Å². The average molecular weight is 608 g/mol. The molecule has 11 nitrogen and oxygen atoms in total. The van der Waals surface area contributed by atoms with Gasteiger partial charge in [0, 0.05) is 0 Å². The molecular formula is C32H49NO10. The van der Waals surface area contributed by atoms with Crippen LogP contribution in [0.25, 0.3) is 0 Å². The predicted octanol–water partition coefficient (Wildman–Crippen LogP) is 6.41. The Bertz CT molecular complexity index is 1110. The highest BCUT2D eigenvalue weighted by Crippen LogP contribution is 2.31. The molecule has 0 radical (unpaired) electrons. The van der Waals surface area contributed by atoms with Crippen molar-refractivity contribution >= 4 is 24.2 Å². The Morgan fingerprint density at radius 3 is 1.86 bits per heavy atom. The minimum atomic E-state index is -1.08. The molecule has 0 spiro atoms. The summed E-state index contributed by atoms with van der Waals surface area (Å²) in [5.74, 6) is -1.26. The molecule has 1 aliphatic carbocycles. The van der Waals surface area contributed by atoms with Gasteiger partial charge in [-0.2, -0.15) is 0 Å².